The normalized spacial score (nSPS) is 30.1. The Morgan fingerprint density at radius 3 is 2.00 bits per heavy atom. The molecule has 0 bridgehead atoms. The van der Waals surface area contributed by atoms with Gasteiger partial charge >= 0.3 is 12.1 Å². The third-order valence-corrected chi connectivity index (χ3v) is 9.56. The van der Waals surface area contributed by atoms with Crippen molar-refractivity contribution >= 4 is 12.1 Å². The lowest BCUT2D eigenvalue weighted by molar-refractivity contribution is -0.242. The van der Waals surface area contributed by atoms with Crippen molar-refractivity contribution in [3.8, 4) is 0 Å². The highest BCUT2D eigenvalue weighted by Crippen LogP contribution is 2.44. The summed E-state index contributed by atoms with van der Waals surface area (Å²) in [6.45, 7) is 10.2. The largest absolute Gasteiger partial charge is 0.391 e. The molecule has 0 radical (unpaired) electrons. The van der Waals surface area contributed by atoms with Crippen LogP contribution in [0.15, 0.2) is 0 Å². The molecule has 0 spiro atoms. The van der Waals surface area contributed by atoms with Crippen LogP contribution in [0.1, 0.15) is 73.6 Å². The number of aliphatic hydroxyl groups is 9. The molecule has 17 nitrogen and oxygen atoms in total. The van der Waals surface area contributed by atoms with Gasteiger partial charge in [-0.1, -0.05) is 27.7 Å². The second-order valence-corrected chi connectivity index (χ2v) is 13.1. The minimum absolute atomic E-state index is 0.0349. The van der Waals surface area contributed by atoms with Crippen molar-refractivity contribution in [3.63, 3.8) is 0 Å². The number of amides is 4. The van der Waals surface area contributed by atoms with Crippen LogP contribution in [0.2, 0.25) is 0 Å². The number of aliphatic hydroxyl groups excluding tert-OH is 7. The van der Waals surface area contributed by atoms with Crippen LogP contribution >= 0.6 is 0 Å². The van der Waals surface area contributed by atoms with Gasteiger partial charge in [0.2, 0.25) is 6.29 Å². The molecule has 2 aliphatic heterocycles. The molecule has 3 fully saturated rings. The van der Waals surface area contributed by atoms with Crippen molar-refractivity contribution in [3.05, 3.63) is 0 Å². The van der Waals surface area contributed by atoms with Crippen LogP contribution in [0.3, 0.4) is 0 Å². The van der Waals surface area contributed by atoms with Crippen LogP contribution in [0.25, 0.3) is 0 Å². The van der Waals surface area contributed by atoms with Crippen LogP contribution in [0, 0.1) is 17.8 Å². The summed E-state index contributed by atoms with van der Waals surface area (Å²) in [6, 6.07) is -1.56. The summed E-state index contributed by atoms with van der Waals surface area (Å²) in [4.78, 5) is 26.2. The molecule has 17 heteroatoms. The van der Waals surface area contributed by atoms with E-state index < -0.39 is 72.7 Å². The highest BCUT2D eigenvalue weighted by molar-refractivity contribution is 5.76. The number of rotatable bonds is 15. The lowest BCUT2D eigenvalue weighted by atomic mass is 9.79. The maximum atomic E-state index is 12.7. The number of hydrogen-bond acceptors (Lipinski definition) is 13. The van der Waals surface area contributed by atoms with Gasteiger partial charge in [0.05, 0.1) is 25.4 Å². The first-order valence-electron chi connectivity index (χ1n) is 16.5. The van der Waals surface area contributed by atoms with E-state index in [0.717, 1.165) is 0 Å². The van der Waals surface area contributed by atoms with Crippen molar-refractivity contribution in [2.24, 2.45) is 17.8 Å². The summed E-state index contributed by atoms with van der Waals surface area (Å²) in [5, 5.41) is 95.7. The lowest BCUT2D eigenvalue weighted by Crippen LogP contribution is -2.66. The lowest BCUT2D eigenvalue weighted by Gasteiger charge is -2.47. The predicted octanol–water partition coefficient (Wildman–Crippen LogP) is -1.87. The van der Waals surface area contributed by atoms with Crippen LogP contribution in [0.4, 0.5) is 9.59 Å². The molecule has 47 heavy (non-hydrogen) atoms. The first-order chi connectivity index (χ1) is 21.9. The Hall–Kier alpha value is -1.90. The number of hydrogen-bond donors (Lipinski definition) is 11. The molecule has 12 unspecified atom stereocenters. The monoisotopic (exact) mass is 682 g/mol. The minimum Gasteiger partial charge on any atom is -0.391 e. The van der Waals surface area contributed by atoms with Gasteiger partial charge in [-0.15, -0.1) is 0 Å². The van der Waals surface area contributed by atoms with Crippen LogP contribution < -0.4 is 10.6 Å². The van der Waals surface area contributed by atoms with E-state index in [4.69, 9.17) is 14.6 Å². The Labute approximate surface area is 276 Å². The van der Waals surface area contributed by atoms with Crippen LogP contribution in [-0.4, -0.2) is 155 Å². The van der Waals surface area contributed by atoms with Crippen molar-refractivity contribution in [2.45, 2.75) is 134 Å². The van der Waals surface area contributed by atoms with Crippen molar-refractivity contribution in [1.82, 2.24) is 20.4 Å². The van der Waals surface area contributed by atoms with E-state index in [1.165, 1.54) is 18.7 Å². The molecule has 3 aliphatic rings. The minimum atomic E-state index is -1.71. The zero-order chi connectivity index (χ0) is 35.9. The number of fused-ring (bicyclic) bond motifs is 1. The maximum absolute atomic E-state index is 12.7. The summed E-state index contributed by atoms with van der Waals surface area (Å²) < 4.78 is 10.0. The summed E-state index contributed by atoms with van der Waals surface area (Å²) in [5.74, 6) is -0.755. The Kier molecular flexibility index (Phi) is 15.5. The van der Waals surface area contributed by atoms with Gasteiger partial charge in [0.25, 0.3) is 0 Å². The Bertz CT molecular complexity index is 989. The molecule has 2 saturated heterocycles. The molecular formula is C30H58N4O13. The first-order valence-corrected chi connectivity index (χ1v) is 16.5. The van der Waals surface area contributed by atoms with Gasteiger partial charge in [0, 0.05) is 31.0 Å². The standard InChI is InChI=1S/C20H38N2O7.C10H20N2O6/c1-5-19(27,6-2)16(24)22-10-13-8-9-14(15(13)21-18(22)26)20(28,7-3)17(25)29-11-12(4)23;1-5-3-11-10(17)12(7(5)14)8(15)9(16)18-4-6(2)13/h12-17,23-25,27-28H,5-11H2,1-4H3,(H,21,26);5-9,13-16H,3-4H2,1-2H3,(H,11,17). The number of carbonyl (C=O) groups is 2. The zero-order valence-corrected chi connectivity index (χ0v) is 28.3. The van der Waals surface area contributed by atoms with E-state index in [1.54, 1.807) is 27.7 Å². The Morgan fingerprint density at radius 2 is 1.47 bits per heavy atom. The van der Waals surface area contributed by atoms with Gasteiger partial charge in [-0.3, -0.25) is 9.80 Å². The quantitative estimate of drug-likeness (QED) is 0.0847. The van der Waals surface area contributed by atoms with Gasteiger partial charge in [0.1, 0.15) is 17.4 Å². The predicted molar refractivity (Wildman–Crippen MR) is 166 cm³/mol. The molecule has 4 amide bonds. The molecule has 11 N–H and O–H groups in total. The topological polar surface area (TPSA) is 265 Å². The number of nitrogens with zero attached hydrogens (tertiary/aromatic N) is 2. The van der Waals surface area contributed by atoms with Gasteiger partial charge in [0.15, 0.2) is 18.7 Å². The van der Waals surface area contributed by atoms with E-state index in [1.807, 2.05) is 0 Å². The summed E-state index contributed by atoms with van der Waals surface area (Å²) in [6.07, 6.45) is -6.90. The van der Waals surface area contributed by atoms with E-state index in [-0.39, 0.29) is 50.6 Å². The Balaban J connectivity index is 0.000000366. The van der Waals surface area contributed by atoms with E-state index in [9.17, 15) is 50.4 Å². The van der Waals surface area contributed by atoms with Crippen LogP contribution in [-0.2, 0) is 9.47 Å². The molecule has 3 rings (SSSR count). The van der Waals surface area contributed by atoms with Crippen molar-refractivity contribution in [2.75, 3.05) is 26.3 Å². The number of urea groups is 2. The fraction of sp³-hybridized carbons (Fsp3) is 0.933. The molecule has 2 heterocycles. The molecule has 0 aromatic carbocycles. The fourth-order valence-electron chi connectivity index (χ4n) is 6.31. The smallest absolute Gasteiger partial charge is 0.321 e. The third kappa shape index (κ3) is 9.85. The van der Waals surface area contributed by atoms with E-state index >= 15 is 0 Å². The second kappa shape index (κ2) is 17.7. The zero-order valence-electron chi connectivity index (χ0n) is 28.3. The summed E-state index contributed by atoms with van der Waals surface area (Å²) >= 11 is 0. The molecule has 0 aromatic rings. The van der Waals surface area contributed by atoms with Crippen molar-refractivity contribution < 1.29 is 65.0 Å². The van der Waals surface area contributed by atoms with E-state index in [2.05, 4.69) is 10.6 Å². The highest BCUT2D eigenvalue weighted by Gasteiger charge is 2.55. The Morgan fingerprint density at radius 1 is 0.894 bits per heavy atom. The number of carbonyl (C=O) groups excluding carboxylic acids is 2. The molecule has 276 valence electrons. The van der Waals surface area contributed by atoms with Gasteiger partial charge in [-0.05, 0) is 51.9 Å². The highest BCUT2D eigenvalue weighted by atomic mass is 16.6. The van der Waals surface area contributed by atoms with E-state index in [0.29, 0.717) is 30.6 Å². The van der Waals surface area contributed by atoms with Crippen LogP contribution in [0.5, 0.6) is 0 Å². The number of nitrogens with one attached hydrogen (secondary N) is 2. The molecule has 12 atom stereocenters. The van der Waals surface area contributed by atoms with Gasteiger partial charge in [-0.2, -0.15) is 0 Å². The van der Waals surface area contributed by atoms with Gasteiger partial charge in [-0.25, -0.2) is 9.59 Å². The maximum Gasteiger partial charge on any atom is 0.321 e. The third-order valence-electron chi connectivity index (χ3n) is 9.56. The molecular weight excluding hydrogens is 624 g/mol. The van der Waals surface area contributed by atoms with Crippen molar-refractivity contribution in [1.29, 1.82) is 0 Å². The average molecular weight is 683 g/mol. The molecule has 0 aromatic heterocycles. The molecule has 1 saturated carbocycles. The first kappa shape index (κ1) is 41.3. The summed E-state index contributed by atoms with van der Waals surface area (Å²) in [5.41, 5.74) is -2.95. The average Bonchev–Trinajstić information content (AvgIpc) is 3.45. The SMILES string of the molecule is CC(O)COC(O)C(O)N1C(=O)NCC(C)C1O.CCC(O)(CC)C(O)N1CC2CCC(C(O)(CC)C(O)OCC(C)O)C2NC1=O. The second-order valence-electron chi connectivity index (χ2n) is 13.1. The van der Waals surface area contributed by atoms with Gasteiger partial charge < -0.3 is 66.1 Å². The number of ether oxygens (including phenoxy) is 2. The summed E-state index contributed by atoms with van der Waals surface area (Å²) in [7, 11) is 0. The molecule has 1 aliphatic carbocycles. The fourth-order valence-corrected chi connectivity index (χ4v) is 6.31.